The molecule has 1 saturated heterocycles. The number of hydrogen-bond donors (Lipinski definition) is 1. The molecule has 108 valence electrons. The number of likely N-dealkylation sites (N-methyl/N-ethyl adjacent to an activating group) is 1. The predicted octanol–water partition coefficient (Wildman–Crippen LogP) is 1.46. The lowest BCUT2D eigenvalue weighted by atomic mass is 10.1. The summed E-state index contributed by atoms with van der Waals surface area (Å²) in [6, 6.07) is 8.66. The molecule has 1 aromatic carbocycles. The average molecular weight is 273 g/mol. The van der Waals surface area contributed by atoms with Gasteiger partial charge in [-0.3, -0.25) is 4.79 Å². The summed E-state index contributed by atoms with van der Waals surface area (Å²) in [5.74, 6) is 0.473. The maximum atomic E-state index is 12.7. The maximum absolute atomic E-state index is 12.7. The van der Waals surface area contributed by atoms with Gasteiger partial charge >= 0.3 is 0 Å². The first-order valence-electron chi connectivity index (χ1n) is 7.47. The minimum atomic E-state index is 0.160. The normalized spacial score (nSPS) is 26.3. The molecule has 0 unspecified atom stereocenters. The molecule has 4 heteroatoms. The van der Waals surface area contributed by atoms with Gasteiger partial charge in [-0.25, -0.2) is 0 Å². The van der Waals surface area contributed by atoms with Gasteiger partial charge in [-0.1, -0.05) is 18.2 Å². The number of para-hydroxylation sites is 1. The second-order valence-corrected chi connectivity index (χ2v) is 6.01. The van der Waals surface area contributed by atoms with Crippen molar-refractivity contribution in [1.29, 1.82) is 0 Å². The van der Waals surface area contributed by atoms with Crippen molar-refractivity contribution < 1.29 is 4.79 Å². The van der Waals surface area contributed by atoms with Crippen LogP contribution in [0.1, 0.15) is 18.9 Å². The van der Waals surface area contributed by atoms with Crippen LogP contribution in [-0.2, 0) is 11.3 Å². The fourth-order valence-electron chi connectivity index (χ4n) is 3.34. The van der Waals surface area contributed by atoms with Crippen molar-refractivity contribution in [1.82, 2.24) is 10.2 Å². The molecule has 2 heterocycles. The Bertz CT molecular complexity index is 496. The van der Waals surface area contributed by atoms with Gasteiger partial charge in [0, 0.05) is 38.4 Å². The second-order valence-electron chi connectivity index (χ2n) is 6.01. The summed E-state index contributed by atoms with van der Waals surface area (Å²) in [5.41, 5.74) is 2.50. The molecular weight excluding hydrogens is 250 g/mol. The average Bonchev–Trinajstić information content (AvgIpc) is 2.94. The first-order valence-corrected chi connectivity index (χ1v) is 7.47. The van der Waals surface area contributed by atoms with E-state index in [-0.39, 0.29) is 12.0 Å². The molecule has 1 fully saturated rings. The molecule has 1 aromatic rings. The van der Waals surface area contributed by atoms with Crippen molar-refractivity contribution in [3.8, 4) is 0 Å². The number of carbonyl (C=O) groups is 1. The zero-order chi connectivity index (χ0) is 14.1. The fourth-order valence-corrected chi connectivity index (χ4v) is 3.34. The number of rotatable bonds is 1. The highest BCUT2D eigenvalue weighted by Crippen LogP contribution is 2.27. The third-order valence-electron chi connectivity index (χ3n) is 4.51. The van der Waals surface area contributed by atoms with Crippen molar-refractivity contribution in [2.45, 2.75) is 25.9 Å². The molecule has 0 spiro atoms. The maximum Gasteiger partial charge on any atom is 0.227 e. The number of carbonyl (C=O) groups excluding carboxylic acids is 1. The number of nitrogens with one attached hydrogen (secondary N) is 1. The molecule has 3 rings (SSSR count). The van der Waals surface area contributed by atoms with Gasteiger partial charge in [-0.15, -0.1) is 0 Å². The van der Waals surface area contributed by atoms with Crippen LogP contribution in [0.15, 0.2) is 24.3 Å². The minimum Gasteiger partial charge on any atom is -0.372 e. The van der Waals surface area contributed by atoms with E-state index in [9.17, 15) is 4.79 Å². The van der Waals surface area contributed by atoms with Crippen LogP contribution in [0.3, 0.4) is 0 Å². The molecule has 4 nitrogen and oxygen atoms in total. The smallest absolute Gasteiger partial charge is 0.227 e. The van der Waals surface area contributed by atoms with E-state index in [4.69, 9.17) is 0 Å². The molecule has 0 radical (unpaired) electrons. The molecule has 1 amide bonds. The zero-order valence-corrected chi connectivity index (χ0v) is 12.3. The summed E-state index contributed by atoms with van der Waals surface area (Å²) in [6.07, 6.45) is 0.972. The number of hydrogen-bond acceptors (Lipinski definition) is 3. The van der Waals surface area contributed by atoms with Crippen molar-refractivity contribution in [3.63, 3.8) is 0 Å². The highest BCUT2D eigenvalue weighted by molar-refractivity contribution is 5.80. The lowest BCUT2D eigenvalue weighted by Crippen LogP contribution is -2.45. The summed E-state index contributed by atoms with van der Waals surface area (Å²) >= 11 is 0. The van der Waals surface area contributed by atoms with Gasteiger partial charge in [-0.2, -0.15) is 0 Å². The number of nitrogens with zero attached hydrogens (tertiary/aromatic N) is 2. The fraction of sp³-hybridized carbons (Fsp3) is 0.562. The Labute approximate surface area is 120 Å². The van der Waals surface area contributed by atoms with Crippen LogP contribution < -0.4 is 10.2 Å². The van der Waals surface area contributed by atoms with Gasteiger partial charge < -0.3 is 15.1 Å². The molecule has 2 aliphatic rings. The van der Waals surface area contributed by atoms with Gasteiger partial charge in [0.1, 0.15) is 0 Å². The lowest BCUT2D eigenvalue weighted by molar-refractivity contribution is -0.137. The van der Waals surface area contributed by atoms with Crippen LogP contribution in [0.4, 0.5) is 5.69 Å². The number of fused-ring (bicyclic) bond motifs is 1. The predicted molar refractivity (Wildman–Crippen MR) is 80.7 cm³/mol. The van der Waals surface area contributed by atoms with Gasteiger partial charge in [0.25, 0.3) is 0 Å². The molecule has 1 N–H and O–H groups in total. The van der Waals surface area contributed by atoms with E-state index in [1.807, 2.05) is 0 Å². The van der Waals surface area contributed by atoms with E-state index in [1.165, 1.54) is 11.3 Å². The van der Waals surface area contributed by atoms with Gasteiger partial charge in [0.05, 0.1) is 5.92 Å². The number of amides is 1. The van der Waals surface area contributed by atoms with E-state index in [0.717, 1.165) is 32.6 Å². The second kappa shape index (κ2) is 5.44. The molecule has 2 atom stereocenters. The van der Waals surface area contributed by atoms with E-state index in [1.54, 1.807) is 0 Å². The molecule has 2 aliphatic heterocycles. The summed E-state index contributed by atoms with van der Waals surface area (Å²) < 4.78 is 0. The van der Waals surface area contributed by atoms with Crippen LogP contribution in [0, 0.1) is 5.92 Å². The first-order chi connectivity index (χ1) is 9.66. The molecular formula is C16H23N3O. The van der Waals surface area contributed by atoms with Crippen molar-refractivity contribution >= 4 is 11.6 Å². The largest absolute Gasteiger partial charge is 0.372 e. The molecule has 0 saturated carbocycles. The molecule has 20 heavy (non-hydrogen) atoms. The Morgan fingerprint density at radius 2 is 2.15 bits per heavy atom. The van der Waals surface area contributed by atoms with Crippen LogP contribution in [-0.4, -0.2) is 43.5 Å². The van der Waals surface area contributed by atoms with E-state index >= 15 is 0 Å². The molecule has 0 aliphatic carbocycles. The van der Waals surface area contributed by atoms with E-state index in [0.29, 0.717) is 5.91 Å². The summed E-state index contributed by atoms with van der Waals surface area (Å²) in [4.78, 5) is 17.1. The first kappa shape index (κ1) is 13.4. The van der Waals surface area contributed by atoms with Crippen molar-refractivity contribution in [3.05, 3.63) is 29.8 Å². The Kier molecular flexibility index (Phi) is 3.66. The summed E-state index contributed by atoms with van der Waals surface area (Å²) in [5, 5.41) is 3.29. The van der Waals surface area contributed by atoms with Crippen LogP contribution in [0.25, 0.3) is 0 Å². The Morgan fingerprint density at radius 3 is 2.90 bits per heavy atom. The third kappa shape index (κ3) is 2.40. The quantitative estimate of drug-likeness (QED) is 0.841. The van der Waals surface area contributed by atoms with Gasteiger partial charge in [-0.05, 0) is 31.5 Å². The van der Waals surface area contributed by atoms with Crippen LogP contribution in [0.5, 0.6) is 0 Å². The van der Waals surface area contributed by atoms with Crippen molar-refractivity contribution in [2.75, 3.05) is 31.6 Å². The van der Waals surface area contributed by atoms with Crippen LogP contribution in [0.2, 0.25) is 0 Å². The molecule has 0 bridgehead atoms. The highest BCUT2D eigenvalue weighted by atomic mass is 16.2. The Balaban J connectivity index is 1.86. The lowest BCUT2D eigenvalue weighted by Gasteiger charge is -2.30. The van der Waals surface area contributed by atoms with Gasteiger partial charge in [0.2, 0.25) is 5.91 Å². The summed E-state index contributed by atoms with van der Waals surface area (Å²) in [7, 11) is 2.11. The Hall–Kier alpha value is -1.55. The minimum absolute atomic E-state index is 0.160. The highest BCUT2D eigenvalue weighted by Gasteiger charge is 2.32. The Morgan fingerprint density at radius 1 is 1.35 bits per heavy atom. The molecule has 0 aromatic heterocycles. The van der Waals surface area contributed by atoms with Gasteiger partial charge in [0.15, 0.2) is 0 Å². The SMILES string of the molecule is C[C@H]1CN(C)c2ccccc2CN1C(=O)[C@@H]1CCNC1. The van der Waals surface area contributed by atoms with Crippen LogP contribution >= 0.6 is 0 Å². The van der Waals surface area contributed by atoms with Crippen molar-refractivity contribution in [2.24, 2.45) is 5.92 Å². The van der Waals surface area contributed by atoms with E-state index in [2.05, 4.69) is 53.4 Å². The third-order valence-corrected chi connectivity index (χ3v) is 4.51. The zero-order valence-electron chi connectivity index (χ0n) is 12.3. The number of anilines is 1. The summed E-state index contributed by atoms with van der Waals surface area (Å²) in [6.45, 7) is 5.58. The standard InChI is InChI=1S/C16H23N3O/c1-12-10-18(2)15-6-4-3-5-14(15)11-19(12)16(20)13-7-8-17-9-13/h3-6,12-13,17H,7-11H2,1-2H3/t12-,13+/m0/s1. The number of benzene rings is 1. The monoisotopic (exact) mass is 273 g/mol. The van der Waals surface area contributed by atoms with E-state index < -0.39 is 0 Å². The topological polar surface area (TPSA) is 35.6 Å².